The minimum absolute atomic E-state index is 0.0693. The lowest BCUT2D eigenvalue weighted by atomic mass is 9.70. The molecule has 0 unspecified atom stereocenters. The fraction of sp³-hybridized carbons (Fsp3) is 0.429. The fourth-order valence-corrected chi connectivity index (χ4v) is 4.96. The summed E-state index contributed by atoms with van der Waals surface area (Å²) in [5.41, 5.74) is 1.08. The lowest BCUT2D eigenvalue weighted by Gasteiger charge is -2.36. The summed E-state index contributed by atoms with van der Waals surface area (Å²) in [6, 6.07) is 12.7. The SMILES string of the molecule is OC[C@]1(Cc2ccccc2)C[C@@H]2CC[C@H]1N2Cc1ccc(F)c(F)c1F. The molecular formula is C21H22F3NO. The Hall–Kier alpha value is -1.85. The first kappa shape index (κ1) is 17.6. The van der Waals surface area contributed by atoms with E-state index in [1.54, 1.807) is 0 Å². The lowest BCUT2D eigenvalue weighted by Crippen LogP contribution is -2.41. The highest BCUT2D eigenvalue weighted by Gasteiger charge is 2.55. The smallest absolute Gasteiger partial charge is 0.194 e. The van der Waals surface area contributed by atoms with Gasteiger partial charge in [-0.1, -0.05) is 36.4 Å². The molecule has 0 aromatic heterocycles. The Morgan fingerprint density at radius 2 is 1.77 bits per heavy atom. The van der Waals surface area contributed by atoms with Gasteiger partial charge in [-0.2, -0.15) is 0 Å². The van der Waals surface area contributed by atoms with E-state index in [9.17, 15) is 18.3 Å². The zero-order chi connectivity index (χ0) is 18.3. The van der Waals surface area contributed by atoms with Gasteiger partial charge in [0.05, 0.1) is 6.61 Å². The van der Waals surface area contributed by atoms with Crippen LogP contribution >= 0.6 is 0 Å². The molecule has 2 nitrogen and oxygen atoms in total. The summed E-state index contributed by atoms with van der Waals surface area (Å²) in [5, 5.41) is 10.2. The van der Waals surface area contributed by atoms with Crippen LogP contribution in [0.25, 0.3) is 0 Å². The average molecular weight is 361 g/mol. The van der Waals surface area contributed by atoms with Crippen LogP contribution in [0.15, 0.2) is 42.5 Å². The second kappa shape index (κ2) is 6.71. The maximum Gasteiger partial charge on any atom is 0.194 e. The maximum atomic E-state index is 14.1. The topological polar surface area (TPSA) is 23.5 Å². The Balaban J connectivity index is 1.59. The number of benzene rings is 2. The first-order chi connectivity index (χ1) is 12.5. The number of hydrogen-bond donors (Lipinski definition) is 1. The highest BCUT2D eigenvalue weighted by Crippen LogP contribution is 2.51. The van der Waals surface area contributed by atoms with E-state index >= 15 is 0 Å². The molecule has 0 radical (unpaired) electrons. The van der Waals surface area contributed by atoms with E-state index in [0.29, 0.717) is 0 Å². The molecular weight excluding hydrogens is 339 g/mol. The minimum Gasteiger partial charge on any atom is -0.396 e. The third kappa shape index (κ3) is 2.83. The van der Waals surface area contributed by atoms with Crippen molar-refractivity contribution in [1.82, 2.24) is 4.90 Å². The van der Waals surface area contributed by atoms with Gasteiger partial charge >= 0.3 is 0 Å². The van der Waals surface area contributed by atoms with E-state index in [1.165, 1.54) is 11.6 Å². The molecule has 2 aliphatic heterocycles. The van der Waals surface area contributed by atoms with Gasteiger partial charge in [0.15, 0.2) is 17.5 Å². The van der Waals surface area contributed by atoms with Crippen molar-refractivity contribution in [3.8, 4) is 0 Å². The summed E-state index contributed by atoms with van der Waals surface area (Å²) in [6.07, 6.45) is 3.53. The maximum absolute atomic E-state index is 14.1. The highest BCUT2D eigenvalue weighted by molar-refractivity contribution is 5.24. The quantitative estimate of drug-likeness (QED) is 0.812. The van der Waals surface area contributed by atoms with Gasteiger partial charge < -0.3 is 5.11 Å². The number of aliphatic hydroxyl groups excluding tert-OH is 1. The summed E-state index contributed by atoms with van der Waals surface area (Å²) in [6.45, 7) is 0.314. The van der Waals surface area contributed by atoms with Crippen LogP contribution in [0.5, 0.6) is 0 Å². The van der Waals surface area contributed by atoms with Gasteiger partial charge in [-0.3, -0.25) is 4.90 Å². The number of nitrogens with zero attached hydrogens (tertiary/aromatic N) is 1. The third-order valence-electron chi connectivity index (χ3n) is 6.17. The fourth-order valence-electron chi connectivity index (χ4n) is 4.96. The van der Waals surface area contributed by atoms with Crippen LogP contribution in [0.2, 0.25) is 0 Å². The van der Waals surface area contributed by atoms with Gasteiger partial charge in [0, 0.05) is 29.6 Å². The van der Waals surface area contributed by atoms with Gasteiger partial charge in [-0.15, -0.1) is 0 Å². The molecule has 2 aliphatic rings. The predicted molar refractivity (Wildman–Crippen MR) is 93.0 cm³/mol. The van der Waals surface area contributed by atoms with E-state index < -0.39 is 17.5 Å². The second-order valence-corrected chi connectivity index (χ2v) is 7.64. The zero-order valence-electron chi connectivity index (χ0n) is 14.5. The predicted octanol–water partition coefficient (Wildman–Crippen LogP) is 4.06. The van der Waals surface area contributed by atoms with Crippen molar-refractivity contribution in [2.24, 2.45) is 5.41 Å². The monoisotopic (exact) mass is 361 g/mol. The Kier molecular flexibility index (Phi) is 4.53. The zero-order valence-corrected chi connectivity index (χ0v) is 14.5. The molecule has 2 bridgehead atoms. The Bertz CT molecular complexity index is 797. The van der Waals surface area contributed by atoms with E-state index in [0.717, 1.165) is 31.7 Å². The molecule has 26 heavy (non-hydrogen) atoms. The molecule has 0 spiro atoms. The molecule has 2 saturated heterocycles. The summed E-state index contributed by atoms with van der Waals surface area (Å²) in [4.78, 5) is 2.18. The van der Waals surface area contributed by atoms with E-state index in [1.807, 2.05) is 18.2 Å². The molecule has 0 aliphatic carbocycles. The molecule has 0 amide bonds. The molecule has 2 aromatic carbocycles. The van der Waals surface area contributed by atoms with Crippen molar-refractivity contribution in [2.75, 3.05) is 6.61 Å². The molecule has 2 heterocycles. The van der Waals surface area contributed by atoms with Gasteiger partial charge in [0.2, 0.25) is 0 Å². The van der Waals surface area contributed by atoms with Crippen molar-refractivity contribution in [1.29, 1.82) is 0 Å². The van der Waals surface area contributed by atoms with Gasteiger partial charge in [0.25, 0.3) is 0 Å². The van der Waals surface area contributed by atoms with Crippen molar-refractivity contribution >= 4 is 0 Å². The van der Waals surface area contributed by atoms with Gasteiger partial charge in [-0.05, 0) is 37.3 Å². The van der Waals surface area contributed by atoms with E-state index in [4.69, 9.17) is 0 Å². The number of hydrogen-bond acceptors (Lipinski definition) is 2. The molecule has 0 saturated carbocycles. The molecule has 3 atom stereocenters. The van der Waals surface area contributed by atoms with Gasteiger partial charge in [0.1, 0.15) is 0 Å². The summed E-state index contributed by atoms with van der Waals surface area (Å²) in [7, 11) is 0. The van der Waals surface area contributed by atoms with Crippen LogP contribution in [0.1, 0.15) is 30.4 Å². The first-order valence-electron chi connectivity index (χ1n) is 9.07. The van der Waals surface area contributed by atoms with Crippen LogP contribution in [-0.4, -0.2) is 28.7 Å². The minimum atomic E-state index is -1.41. The van der Waals surface area contributed by atoms with Crippen LogP contribution in [0, 0.1) is 22.9 Å². The van der Waals surface area contributed by atoms with Crippen LogP contribution in [-0.2, 0) is 13.0 Å². The number of fused-ring (bicyclic) bond motifs is 2. The Morgan fingerprint density at radius 3 is 2.50 bits per heavy atom. The van der Waals surface area contributed by atoms with Crippen molar-refractivity contribution in [2.45, 2.75) is 44.3 Å². The van der Waals surface area contributed by atoms with Crippen LogP contribution in [0.3, 0.4) is 0 Å². The number of rotatable bonds is 5. The highest BCUT2D eigenvalue weighted by atomic mass is 19.2. The van der Waals surface area contributed by atoms with Crippen molar-refractivity contribution < 1.29 is 18.3 Å². The standard InChI is InChI=1S/C21H22F3NO/c22-17-8-6-15(19(23)20(17)24)12-25-16-7-9-18(25)21(11-16,13-26)10-14-4-2-1-3-5-14/h1-6,8,16,18,26H,7,9-13H2/t16-,18+,21-/m0/s1. The third-order valence-corrected chi connectivity index (χ3v) is 6.17. The summed E-state index contributed by atoms with van der Waals surface area (Å²) >= 11 is 0. The molecule has 138 valence electrons. The summed E-state index contributed by atoms with van der Waals surface area (Å²) < 4.78 is 40.9. The van der Waals surface area contributed by atoms with Gasteiger partial charge in [-0.25, -0.2) is 13.2 Å². The number of aliphatic hydroxyl groups is 1. The molecule has 1 N–H and O–H groups in total. The molecule has 5 heteroatoms. The van der Waals surface area contributed by atoms with E-state index in [2.05, 4.69) is 17.0 Å². The Labute approximate surface area is 151 Å². The van der Waals surface area contributed by atoms with Crippen molar-refractivity contribution in [3.63, 3.8) is 0 Å². The van der Waals surface area contributed by atoms with Crippen molar-refractivity contribution in [3.05, 3.63) is 71.0 Å². The molecule has 2 fully saturated rings. The normalized spacial score (nSPS) is 28.0. The average Bonchev–Trinajstić information content (AvgIpc) is 3.18. The first-order valence-corrected chi connectivity index (χ1v) is 9.07. The second-order valence-electron chi connectivity index (χ2n) is 7.64. The van der Waals surface area contributed by atoms with Crippen LogP contribution in [0.4, 0.5) is 13.2 Å². The van der Waals surface area contributed by atoms with E-state index in [-0.39, 0.29) is 36.2 Å². The van der Waals surface area contributed by atoms with Crippen LogP contribution < -0.4 is 0 Å². The lowest BCUT2D eigenvalue weighted by molar-refractivity contribution is 0.0747. The molecule has 4 rings (SSSR count). The number of halogens is 3. The largest absolute Gasteiger partial charge is 0.396 e. The molecule has 2 aromatic rings. The summed E-state index contributed by atoms with van der Waals surface area (Å²) in [5.74, 6) is -3.68. The Morgan fingerprint density at radius 1 is 1.00 bits per heavy atom.